The first kappa shape index (κ1) is 10.8. The fourth-order valence-electron chi connectivity index (χ4n) is 1.56. The van der Waals surface area contributed by atoms with E-state index in [0.717, 1.165) is 0 Å². The van der Waals surface area contributed by atoms with Gasteiger partial charge >= 0.3 is 5.97 Å². The summed E-state index contributed by atoms with van der Waals surface area (Å²) in [5, 5.41) is 17.8. The van der Waals surface area contributed by atoms with Crippen molar-refractivity contribution in [3.63, 3.8) is 0 Å². The lowest BCUT2D eigenvalue weighted by Gasteiger charge is -2.04. The molecule has 0 aliphatic carbocycles. The van der Waals surface area contributed by atoms with Crippen molar-refractivity contribution in [2.24, 2.45) is 0 Å². The van der Waals surface area contributed by atoms with E-state index in [1.807, 2.05) is 6.07 Å². The highest BCUT2D eigenvalue weighted by Gasteiger charge is 2.12. The monoisotopic (exact) mass is 224 g/mol. The lowest BCUT2D eigenvalue weighted by molar-refractivity contribution is 0.0691. The summed E-state index contributed by atoms with van der Waals surface area (Å²) < 4.78 is 0. The number of nitrogens with zero attached hydrogens (tertiary/aromatic N) is 2. The fraction of sp³-hybridized carbons (Fsp3) is 0. The molecule has 0 aliphatic rings. The summed E-state index contributed by atoms with van der Waals surface area (Å²) in [4.78, 5) is 14.8. The number of pyridine rings is 1. The average Bonchev–Trinajstić information content (AvgIpc) is 2.39. The molecule has 82 valence electrons. The number of hydrogen-bond donors (Lipinski definition) is 1. The smallest absolute Gasteiger partial charge is 0.355 e. The molecular weight excluding hydrogens is 216 g/mol. The molecule has 2 aromatic rings. The number of aromatic carboxylic acids is 1. The van der Waals surface area contributed by atoms with Crippen LogP contribution in [0.1, 0.15) is 16.1 Å². The summed E-state index contributed by atoms with van der Waals surface area (Å²) in [7, 11) is 0. The van der Waals surface area contributed by atoms with Crippen LogP contribution >= 0.6 is 0 Å². The van der Waals surface area contributed by atoms with Crippen LogP contribution in [0.25, 0.3) is 11.1 Å². The van der Waals surface area contributed by atoms with Gasteiger partial charge in [0.1, 0.15) is 0 Å². The van der Waals surface area contributed by atoms with Gasteiger partial charge in [-0.15, -0.1) is 0 Å². The zero-order valence-electron chi connectivity index (χ0n) is 8.79. The van der Waals surface area contributed by atoms with Crippen LogP contribution in [-0.2, 0) is 0 Å². The predicted molar refractivity (Wildman–Crippen MR) is 61.3 cm³/mol. The number of nitriles is 1. The molecule has 2 rings (SSSR count). The average molecular weight is 224 g/mol. The lowest BCUT2D eigenvalue weighted by Crippen LogP contribution is -2.02. The van der Waals surface area contributed by atoms with E-state index in [2.05, 4.69) is 4.98 Å². The van der Waals surface area contributed by atoms with E-state index in [9.17, 15) is 4.79 Å². The van der Waals surface area contributed by atoms with Gasteiger partial charge in [-0.25, -0.2) is 9.78 Å². The van der Waals surface area contributed by atoms with Gasteiger partial charge in [0, 0.05) is 11.8 Å². The largest absolute Gasteiger partial charge is 0.476 e. The molecule has 0 amide bonds. The standard InChI is InChI=1S/C13H8N2O2/c14-8-9-3-1-4-10(7-9)11-5-2-6-15-12(11)13(16)17/h1-7H,(H,16,17). The maximum absolute atomic E-state index is 11.0. The maximum Gasteiger partial charge on any atom is 0.355 e. The first-order valence-corrected chi connectivity index (χ1v) is 4.91. The van der Waals surface area contributed by atoms with E-state index in [4.69, 9.17) is 10.4 Å². The minimum absolute atomic E-state index is 0.0115. The molecule has 0 aliphatic heterocycles. The topological polar surface area (TPSA) is 74.0 Å². The van der Waals surface area contributed by atoms with E-state index in [-0.39, 0.29) is 5.69 Å². The van der Waals surface area contributed by atoms with E-state index in [0.29, 0.717) is 16.7 Å². The van der Waals surface area contributed by atoms with Crippen molar-refractivity contribution in [3.05, 3.63) is 53.9 Å². The molecule has 17 heavy (non-hydrogen) atoms. The zero-order chi connectivity index (χ0) is 12.3. The highest BCUT2D eigenvalue weighted by atomic mass is 16.4. The molecule has 0 radical (unpaired) electrons. The predicted octanol–water partition coefficient (Wildman–Crippen LogP) is 2.32. The summed E-state index contributed by atoms with van der Waals surface area (Å²) >= 11 is 0. The second-order valence-electron chi connectivity index (χ2n) is 3.40. The van der Waals surface area contributed by atoms with Gasteiger partial charge in [-0.05, 0) is 23.8 Å². The van der Waals surface area contributed by atoms with Gasteiger partial charge in [0.15, 0.2) is 5.69 Å². The van der Waals surface area contributed by atoms with Crippen molar-refractivity contribution in [1.29, 1.82) is 5.26 Å². The fourth-order valence-corrected chi connectivity index (χ4v) is 1.56. The van der Waals surface area contributed by atoms with Crippen molar-refractivity contribution in [1.82, 2.24) is 4.98 Å². The number of benzene rings is 1. The van der Waals surface area contributed by atoms with E-state index < -0.39 is 5.97 Å². The molecule has 1 aromatic heterocycles. The Morgan fingerprint density at radius 1 is 1.29 bits per heavy atom. The minimum atomic E-state index is -1.08. The molecule has 0 unspecified atom stereocenters. The van der Waals surface area contributed by atoms with Gasteiger partial charge in [-0.3, -0.25) is 0 Å². The molecule has 1 heterocycles. The summed E-state index contributed by atoms with van der Waals surface area (Å²) in [6.45, 7) is 0. The highest BCUT2D eigenvalue weighted by Crippen LogP contribution is 2.22. The van der Waals surface area contributed by atoms with Crippen LogP contribution in [0.2, 0.25) is 0 Å². The summed E-state index contributed by atoms with van der Waals surface area (Å²) in [5.41, 5.74) is 1.66. The van der Waals surface area contributed by atoms with Crippen LogP contribution < -0.4 is 0 Å². The Morgan fingerprint density at radius 2 is 2.12 bits per heavy atom. The van der Waals surface area contributed by atoms with E-state index in [1.165, 1.54) is 6.20 Å². The molecule has 0 fully saturated rings. The Bertz CT molecular complexity index is 615. The van der Waals surface area contributed by atoms with Crippen LogP contribution in [-0.4, -0.2) is 16.1 Å². The molecule has 0 atom stereocenters. The van der Waals surface area contributed by atoms with Crippen LogP contribution in [0.4, 0.5) is 0 Å². The van der Waals surface area contributed by atoms with Crippen LogP contribution in [0.3, 0.4) is 0 Å². The normalized spacial score (nSPS) is 9.59. The molecule has 4 nitrogen and oxygen atoms in total. The molecule has 0 spiro atoms. The van der Waals surface area contributed by atoms with E-state index in [1.54, 1.807) is 36.4 Å². The van der Waals surface area contributed by atoms with Crippen LogP contribution in [0, 0.1) is 11.3 Å². The lowest BCUT2D eigenvalue weighted by atomic mass is 10.0. The number of aromatic nitrogens is 1. The molecular formula is C13H8N2O2. The Hall–Kier alpha value is -2.67. The SMILES string of the molecule is N#Cc1cccc(-c2cccnc2C(=O)O)c1. The Balaban J connectivity index is 2.61. The maximum atomic E-state index is 11.0. The van der Waals surface area contributed by atoms with Gasteiger partial charge in [0.2, 0.25) is 0 Å². The van der Waals surface area contributed by atoms with Crippen molar-refractivity contribution < 1.29 is 9.90 Å². The number of carboxylic acids is 1. The third-order valence-corrected chi connectivity index (χ3v) is 2.31. The van der Waals surface area contributed by atoms with E-state index >= 15 is 0 Å². The number of carbonyl (C=O) groups is 1. The number of hydrogen-bond acceptors (Lipinski definition) is 3. The Morgan fingerprint density at radius 3 is 2.82 bits per heavy atom. The van der Waals surface area contributed by atoms with Crippen molar-refractivity contribution in [2.75, 3.05) is 0 Å². The van der Waals surface area contributed by atoms with Crippen molar-refractivity contribution >= 4 is 5.97 Å². The molecule has 0 bridgehead atoms. The Labute approximate surface area is 97.8 Å². The summed E-state index contributed by atoms with van der Waals surface area (Å²) in [6, 6.07) is 12.1. The number of rotatable bonds is 2. The molecule has 0 saturated carbocycles. The first-order chi connectivity index (χ1) is 8.22. The molecule has 0 saturated heterocycles. The second kappa shape index (κ2) is 4.45. The quantitative estimate of drug-likeness (QED) is 0.849. The van der Waals surface area contributed by atoms with Gasteiger partial charge in [0.05, 0.1) is 11.6 Å². The molecule has 1 aromatic carbocycles. The van der Waals surface area contributed by atoms with Crippen molar-refractivity contribution in [2.45, 2.75) is 0 Å². The van der Waals surface area contributed by atoms with Gasteiger partial charge in [0.25, 0.3) is 0 Å². The first-order valence-electron chi connectivity index (χ1n) is 4.91. The van der Waals surface area contributed by atoms with Gasteiger partial charge < -0.3 is 5.11 Å². The van der Waals surface area contributed by atoms with Crippen LogP contribution in [0.5, 0.6) is 0 Å². The van der Waals surface area contributed by atoms with Gasteiger partial charge in [-0.2, -0.15) is 5.26 Å². The third kappa shape index (κ3) is 2.13. The summed E-state index contributed by atoms with van der Waals surface area (Å²) in [6.07, 6.45) is 1.43. The number of carboxylic acid groups (broad SMARTS) is 1. The van der Waals surface area contributed by atoms with Gasteiger partial charge in [-0.1, -0.05) is 18.2 Å². The third-order valence-electron chi connectivity index (χ3n) is 2.31. The minimum Gasteiger partial charge on any atom is -0.476 e. The molecule has 4 heteroatoms. The second-order valence-corrected chi connectivity index (χ2v) is 3.40. The summed E-state index contributed by atoms with van der Waals surface area (Å²) in [5.74, 6) is -1.08. The Kier molecular flexibility index (Phi) is 2.84. The van der Waals surface area contributed by atoms with Crippen molar-refractivity contribution in [3.8, 4) is 17.2 Å². The zero-order valence-corrected chi connectivity index (χ0v) is 8.79. The van der Waals surface area contributed by atoms with Crippen LogP contribution in [0.15, 0.2) is 42.6 Å². The molecule has 1 N–H and O–H groups in total. The highest BCUT2D eigenvalue weighted by molar-refractivity contribution is 5.93.